The first-order valence-electron chi connectivity index (χ1n) is 7.28. The van der Waals surface area contributed by atoms with Crippen LogP contribution in [0.25, 0.3) is 0 Å². The first kappa shape index (κ1) is 18.4. The molecule has 0 saturated carbocycles. The van der Waals surface area contributed by atoms with Crippen LogP contribution in [0.2, 0.25) is 5.02 Å². The van der Waals surface area contributed by atoms with Gasteiger partial charge in [-0.05, 0) is 26.8 Å². The third kappa shape index (κ3) is 4.10. The lowest BCUT2D eigenvalue weighted by molar-refractivity contribution is -0.116. The van der Waals surface area contributed by atoms with Gasteiger partial charge >= 0.3 is 0 Å². The largest absolute Gasteiger partial charge is 0.495 e. The van der Waals surface area contributed by atoms with Crippen molar-refractivity contribution in [3.63, 3.8) is 0 Å². The summed E-state index contributed by atoms with van der Waals surface area (Å²) < 4.78 is 10.5. The summed E-state index contributed by atoms with van der Waals surface area (Å²) >= 11 is 7.59. The standard InChI is InChI=1S/C16H20ClN3O3S/c1-8-10(3)24-16(19-8)20-15(21)9(2)18-12-6-11(17)13(22-4)7-14(12)23-5/h6-7,9,18H,1-5H3,(H,19,20,21)/t9-/m0/s1. The molecule has 2 rings (SSSR count). The third-order valence-corrected chi connectivity index (χ3v) is 4.78. The number of aryl methyl sites for hydroxylation is 2. The minimum Gasteiger partial charge on any atom is -0.495 e. The number of methoxy groups -OCH3 is 2. The first-order valence-corrected chi connectivity index (χ1v) is 8.48. The van der Waals surface area contributed by atoms with Gasteiger partial charge in [-0.15, -0.1) is 11.3 Å². The number of ether oxygens (including phenoxy) is 2. The minimum absolute atomic E-state index is 0.197. The third-order valence-electron chi connectivity index (χ3n) is 3.50. The number of hydrogen-bond donors (Lipinski definition) is 2. The van der Waals surface area contributed by atoms with E-state index in [-0.39, 0.29) is 5.91 Å². The van der Waals surface area contributed by atoms with Gasteiger partial charge in [-0.2, -0.15) is 0 Å². The van der Waals surface area contributed by atoms with Crippen molar-refractivity contribution in [1.82, 2.24) is 4.98 Å². The Balaban J connectivity index is 2.12. The molecule has 0 aliphatic rings. The fourth-order valence-corrected chi connectivity index (χ4v) is 3.07. The van der Waals surface area contributed by atoms with Crippen LogP contribution in [0.1, 0.15) is 17.5 Å². The SMILES string of the molecule is COc1cc(OC)c(N[C@@H](C)C(=O)Nc2nc(C)c(C)s2)cc1Cl. The van der Waals surface area contributed by atoms with Gasteiger partial charge in [0.1, 0.15) is 17.5 Å². The number of anilines is 2. The number of carbonyl (C=O) groups excluding carboxylic acids is 1. The van der Waals surface area contributed by atoms with Crippen molar-refractivity contribution < 1.29 is 14.3 Å². The average Bonchev–Trinajstić information content (AvgIpc) is 2.85. The van der Waals surface area contributed by atoms with Gasteiger partial charge in [-0.25, -0.2) is 4.98 Å². The van der Waals surface area contributed by atoms with Gasteiger partial charge in [0.05, 0.1) is 30.6 Å². The number of carbonyl (C=O) groups is 1. The molecule has 8 heteroatoms. The molecule has 2 aromatic rings. The summed E-state index contributed by atoms with van der Waals surface area (Å²) in [6, 6.07) is 2.83. The number of benzene rings is 1. The molecule has 0 bridgehead atoms. The average molecular weight is 370 g/mol. The zero-order chi connectivity index (χ0) is 17.9. The van der Waals surface area contributed by atoms with Gasteiger partial charge in [0, 0.05) is 10.9 Å². The molecule has 2 N–H and O–H groups in total. The summed E-state index contributed by atoms with van der Waals surface area (Å²) in [6.07, 6.45) is 0. The van der Waals surface area contributed by atoms with Gasteiger partial charge in [0.15, 0.2) is 5.13 Å². The molecular formula is C16H20ClN3O3S. The highest BCUT2D eigenvalue weighted by molar-refractivity contribution is 7.15. The maximum Gasteiger partial charge on any atom is 0.248 e. The summed E-state index contributed by atoms with van der Waals surface area (Å²) in [6.45, 7) is 5.63. The van der Waals surface area contributed by atoms with Crippen molar-refractivity contribution in [2.75, 3.05) is 24.9 Å². The molecule has 0 unspecified atom stereocenters. The highest BCUT2D eigenvalue weighted by Gasteiger charge is 2.18. The lowest BCUT2D eigenvalue weighted by Crippen LogP contribution is -2.32. The summed E-state index contributed by atoms with van der Waals surface area (Å²) in [5, 5.41) is 6.92. The number of nitrogens with one attached hydrogen (secondary N) is 2. The van der Waals surface area contributed by atoms with Crippen LogP contribution in [-0.4, -0.2) is 31.2 Å². The van der Waals surface area contributed by atoms with E-state index in [9.17, 15) is 4.79 Å². The first-order chi connectivity index (χ1) is 11.3. The Hall–Kier alpha value is -1.99. The fourth-order valence-electron chi connectivity index (χ4n) is 2.01. The van der Waals surface area contributed by atoms with Crippen molar-refractivity contribution in [3.05, 3.63) is 27.7 Å². The second kappa shape index (κ2) is 7.72. The maximum atomic E-state index is 12.3. The van der Waals surface area contributed by atoms with Crippen LogP contribution >= 0.6 is 22.9 Å². The number of halogens is 1. The molecular weight excluding hydrogens is 350 g/mol. The van der Waals surface area contributed by atoms with E-state index in [4.69, 9.17) is 21.1 Å². The zero-order valence-electron chi connectivity index (χ0n) is 14.2. The number of hydrogen-bond acceptors (Lipinski definition) is 6. The molecule has 1 amide bonds. The molecule has 0 saturated heterocycles. The number of rotatable bonds is 6. The minimum atomic E-state index is -0.507. The highest BCUT2D eigenvalue weighted by atomic mass is 35.5. The Kier molecular flexibility index (Phi) is 5.90. The van der Waals surface area contributed by atoms with Crippen LogP contribution in [0.4, 0.5) is 10.8 Å². The monoisotopic (exact) mass is 369 g/mol. The van der Waals surface area contributed by atoms with Gasteiger partial charge in [0.2, 0.25) is 5.91 Å². The van der Waals surface area contributed by atoms with Crippen LogP contribution in [0.5, 0.6) is 11.5 Å². The van der Waals surface area contributed by atoms with E-state index in [1.807, 2.05) is 13.8 Å². The van der Waals surface area contributed by atoms with Crippen molar-refractivity contribution in [2.45, 2.75) is 26.8 Å². The Morgan fingerprint density at radius 3 is 2.46 bits per heavy atom. The van der Waals surface area contributed by atoms with Crippen molar-refractivity contribution in [2.24, 2.45) is 0 Å². The molecule has 0 aliphatic heterocycles. The van der Waals surface area contributed by atoms with Crippen molar-refractivity contribution in [3.8, 4) is 11.5 Å². The molecule has 0 spiro atoms. The predicted molar refractivity (Wildman–Crippen MR) is 97.9 cm³/mol. The molecule has 0 aliphatic carbocycles. The Morgan fingerprint density at radius 1 is 1.25 bits per heavy atom. The van der Waals surface area contributed by atoms with E-state index < -0.39 is 6.04 Å². The van der Waals surface area contributed by atoms with E-state index >= 15 is 0 Å². The van der Waals surface area contributed by atoms with Gasteiger partial charge < -0.3 is 20.1 Å². The molecule has 1 aromatic heterocycles. The van der Waals surface area contributed by atoms with Crippen LogP contribution in [0.15, 0.2) is 12.1 Å². The normalized spacial score (nSPS) is 11.8. The Morgan fingerprint density at radius 2 is 1.92 bits per heavy atom. The van der Waals surface area contributed by atoms with E-state index in [1.54, 1.807) is 26.2 Å². The summed E-state index contributed by atoms with van der Waals surface area (Å²) in [5.74, 6) is 0.847. The van der Waals surface area contributed by atoms with Crippen LogP contribution in [-0.2, 0) is 4.79 Å². The topological polar surface area (TPSA) is 72.5 Å². The van der Waals surface area contributed by atoms with Gasteiger partial charge in [-0.3, -0.25) is 4.79 Å². The van der Waals surface area contributed by atoms with Crippen molar-refractivity contribution >= 4 is 39.7 Å². The maximum absolute atomic E-state index is 12.3. The summed E-state index contributed by atoms with van der Waals surface area (Å²) in [7, 11) is 3.07. The summed E-state index contributed by atoms with van der Waals surface area (Å²) in [5.41, 5.74) is 1.52. The molecule has 1 aromatic carbocycles. The fraction of sp³-hybridized carbons (Fsp3) is 0.375. The molecule has 1 heterocycles. The lowest BCUT2D eigenvalue weighted by atomic mass is 10.2. The molecule has 6 nitrogen and oxygen atoms in total. The van der Waals surface area contributed by atoms with Crippen molar-refractivity contribution in [1.29, 1.82) is 0 Å². The zero-order valence-corrected chi connectivity index (χ0v) is 15.8. The Bertz CT molecular complexity index is 729. The van der Waals surface area contributed by atoms with Gasteiger partial charge in [0.25, 0.3) is 0 Å². The molecule has 1 atom stereocenters. The van der Waals surface area contributed by atoms with Gasteiger partial charge in [-0.1, -0.05) is 11.6 Å². The molecule has 24 heavy (non-hydrogen) atoms. The number of aromatic nitrogens is 1. The summed E-state index contributed by atoms with van der Waals surface area (Å²) in [4.78, 5) is 17.7. The number of nitrogens with zero attached hydrogens (tertiary/aromatic N) is 1. The second-order valence-corrected chi connectivity index (χ2v) is 6.81. The quantitative estimate of drug-likeness (QED) is 0.808. The second-order valence-electron chi connectivity index (χ2n) is 5.20. The lowest BCUT2D eigenvalue weighted by Gasteiger charge is -2.18. The molecule has 130 valence electrons. The van der Waals surface area contributed by atoms with Crippen LogP contribution < -0.4 is 20.1 Å². The number of amides is 1. The molecule has 0 radical (unpaired) electrons. The van der Waals surface area contributed by atoms with E-state index in [0.29, 0.717) is 27.3 Å². The highest BCUT2D eigenvalue weighted by Crippen LogP contribution is 2.36. The Labute approximate surface area is 150 Å². The number of thiazole rings is 1. The van der Waals surface area contributed by atoms with E-state index in [0.717, 1.165) is 10.6 Å². The van der Waals surface area contributed by atoms with E-state index in [2.05, 4.69) is 15.6 Å². The van der Waals surface area contributed by atoms with Crippen LogP contribution in [0, 0.1) is 13.8 Å². The predicted octanol–water partition coefficient (Wildman–Crippen LogP) is 3.87. The van der Waals surface area contributed by atoms with E-state index in [1.165, 1.54) is 18.4 Å². The molecule has 0 fully saturated rings. The smallest absolute Gasteiger partial charge is 0.248 e. The van der Waals surface area contributed by atoms with Crippen LogP contribution in [0.3, 0.4) is 0 Å².